The maximum Gasteiger partial charge on any atom is 0.0785 e. The monoisotopic (exact) mass is 223 g/mol. The van der Waals surface area contributed by atoms with Gasteiger partial charge in [0.05, 0.1) is 5.60 Å². The van der Waals surface area contributed by atoms with Crippen molar-refractivity contribution >= 4 is 11.8 Å². The molecule has 1 fully saturated rings. The third-order valence-electron chi connectivity index (χ3n) is 2.94. The number of hydrogen-bond donors (Lipinski definition) is 2. The molecule has 0 aliphatic carbocycles. The van der Waals surface area contributed by atoms with Gasteiger partial charge in [-0.3, -0.25) is 0 Å². The molecule has 1 atom stereocenters. The van der Waals surface area contributed by atoms with Crippen LogP contribution in [-0.2, 0) is 13.0 Å². The Bertz CT molecular complexity index is 334. The largest absolute Gasteiger partial charge is 0.389 e. The molecule has 1 aliphatic rings. The molecular weight excluding hydrogens is 206 g/mol. The molecule has 2 nitrogen and oxygen atoms in total. The minimum absolute atomic E-state index is 0.504. The topological polar surface area (TPSA) is 46.2 Å². The number of nitrogens with two attached hydrogens (primary N) is 1. The van der Waals surface area contributed by atoms with E-state index in [0.717, 1.165) is 29.9 Å². The van der Waals surface area contributed by atoms with Crippen LogP contribution in [0.1, 0.15) is 17.5 Å². The summed E-state index contributed by atoms with van der Waals surface area (Å²) < 4.78 is 0. The molecule has 3 N–H and O–H groups in total. The summed E-state index contributed by atoms with van der Waals surface area (Å²) in [5, 5.41) is 10.3. The first-order valence-corrected chi connectivity index (χ1v) is 6.46. The Balaban J connectivity index is 2.16. The van der Waals surface area contributed by atoms with Crippen molar-refractivity contribution in [2.75, 3.05) is 11.5 Å². The second-order valence-corrected chi connectivity index (χ2v) is 5.28. The first kappa shape index (κ1) is 11.0. The number of aliphatic hydroxyl groups is 1. The van der Waals surface area contributed by atoms with Gasteiger partial charge < -0.3 is 10.8 Å². The Morgan fingerprint density at radius 3 is 2.67 bits per heavy atom. The summed E-state index contributed by atoms with van der Waals surface area (Å²) in [6.45, 7) is 0.555. The first-order chi connectivity index (χ1) is 7.23. The van der Waals surface area contributed by atoms with Crippen LogP contribution >= 0.6 is 11.8 Å². The maximum absolute atomic E-state index is 10.3. The highest BCUT2D eigenvalue weighted by Crippen LogP contribution is 2.31. The Labute approximate surface area is 94.9 Å². The fraction of sp³-hybridized carbons (Fsp3) is 0.500. The van der Waals surface area contributed by atoms with Crippen LogP contribution < -0.4 is 5.73 Å². The van der Waals surface area contributed by atoms with E-state index in [1.807, 2.05) is 30.0 Å². The van der Waals surface area contributed by atoms with Gasteiger partial charge in [0.25, 0.3) is 0 Å². The van der Waals surface area contributed by atoms with Crippen molar-refractivity contribution in [2.24, 2.45) is 5.73 Å². The summed E-state index contributed by atoms with van der Waals surface area (Å²) in [6, 6.07) is 8.13. The molecule has 3 heteroatoms. The molecule has 0 saturated carbocycles. The predicted molar refractivity (Wildman–Crippen MR) is 64.9 cm³/mol. The van der Waals surface area contributed by atoms with E-state index >= 15 is 0 Å². The van der Waals surface area contributed by atoms with Crippen molar-refractivity contribution < 1.29 is 5.11 Å². The summed E-state index contributed by atoms with van der Waals surface area (Å²) in [5.41, 5.74) is 7.53. The molecule has 0 amide bonds. The van der Waals surface area contributed by atoms with E-state index in [2.05, 4.69) is 6.07 Å². The van der Waals surface area contributed by atoms with E-state index in [9.17, 15) is 5.11 Å². The maximum atomic E-state index is 10.3. The fourth-order valence-electron chi connectivity index (χ4n) is 2.02. The second-order valence-electron chi connectivity index (χ2n) is 4.18. The summed E-state index contributed by atoms with van der Waals surface area (Å²) in [5.74, 6) is 1.92. The Hall–Kier alpha value is -0.510. The molecule has 0 bridgehead atoms. The van der Waals surface area contributed by atoms with Gasteiger partial charge in [-0.05, 0) is 23.3 Å². The van der Waals surface area contributed by atoms with Crippen molar-refractivity contribution in [3.05, 3.63) is 35.4 Å². The summed E-state index contributed by atoms with van der Waals surface area (Å²) in [7, 11) is 0. The normalized spacial score (nSPS) is 25.7. The third-order valence-corrected chi connectivity index (χ3v) is 4.17. The lowest BCUT2D eigenvalue weighted by Crippen LogP contribution is -2.31. The second kappa shape index (κ2) is 4.56. The predicted octanol–water partition coefficient (Wildman–Crippen LogP) is 1.56. The highest BCUT2D eigenvalue weighted by molar-refractivity contribution is 7.99. The molecule has 2 rings (SSSR count). The summed E-state index contributed by atoms with van der Waals surface area (Å²) in [6.07, 6.45) is 1.64. The molecular formula is C12H17NOS. The van der Waals surface area contributed by atoms with Crippen molar-refractivity contribution in [1.82, 2.24) is 0 Å². The fourth-order valence-corrected chi connectivity index (χ4v) is 3.31. The van der Waals surface area contributed by atoms with Crippen LogP contribution in [-0.4, -0.2) is 22.2 Å². The quantitative estimate of drug-likeness (QED) is 0.817. The SMILES string of the molecule is NCc1ccccc1CC1(O)CCSC1. The Kier molecular flexibility index (Phi) is 3.34. The van der Waals surface area contributed by atoms with Gasteiger partial charge in [0.2, 0.25) is 0 Å². The van der Waals surface area contributed by atoms with E-state index < -0.39 is 5.60 Å². The van der Waals surface area contributed by atoms with E-state index in [4.69, 9.17) is 5.73 Å². The molecule has 1 unspecified atom stereocenters. The number of benzene rings is 1. The van der Waals surface area contributed by atoms with E-state index in [1.165, 1.54) is 5.56 Å². The van der Waals surface area contributed by atoms with Crippen LogP contribution in [0.2, 0.25) is 0 Å². The lowest BCUT2D eigenvalue weighted by molar-refractivity contribution is 0.0684. The van der Waals surface area contributed by atoms with Gasteiger partial charge in [0.15, 0.2) is 0 Å². The number of thioether (sulfide) groups is 1. The molecule has 1 aliphatic heterocycles. The minimum Gasteiger partial charge on any atom is -0.389 e. The van der Waals surface area contributed by atoms with Gasteiger partial charge in [-0.2, -0.15) is 11.8 Å². The molecule has 0 aromatic heterocycles. The molecule has 1 aromatic carbocycles. The van der Waals surface area contributed by atoms with Crippen molar-refractivity contribution in [2.45, 2.75) is 25.0 Å². The molecule has 0 radical (unpaired) electrons. The highest BCUT2D eigenvalue weighted by atomic mass is 32.2. The van der Waals surface area contributed by atoms with Gasteiger partial charge in [-0.15, -0.1) is 0 Å². The molecule has 1 aromatic rings. The van der Waals surface area contributed by atoms with Crippen LogP contribution in [0.3, 0.4) is 0 Å². The summed E-state index contributed by atoms with van der Waals surface area (Å²) >= 11 is 1.83. The van der Waals surface area contributed by atoms with E-state index in [-0.39, 0.29) is 0 Å². The Morgan fingerprint density at radius 1 is 1.33 bits per heavy atom. The number of hydrogen-bond acceptors (Lipinski definition) is 3. The standard InChI is InChI=1S/C12H17NOS/c13-8-11-4-2-1-3-10(11)7-12(14)5-6-15-9-12/h1-4,14H,5-9,13H2. The van der Waals surface area contributed by atoms with Gasteiger partial charge in [-0.25, -0.2) is 0 Å². The number of rotatable bonds is 3. The molecule has 1 saturated heterocycles. The van der Waals surface area contributed by atoms with Crippen LogP contribution in [0.4, 0.5) is 0 Å². The van der Waals surface area contributed by atoms with Crippen molar-refractivity contribution in [3.63, 3.8) is 0 Å². The van der Waals surface area contributed by atoms with Gasteiger partial charge in [0, 0.05) is 18.7 Å². The van der Waals surface area contributed by atoms with Gasteiger partial charge in [-0.1, -0.05) is 24.3 Å². The van der Waals surface area contributed by atoms with E-state index in [0.29, 0.717) is 6.54 Å². The summed E-state index contributed by atoms with van der Waals surface area (Å²) in [4.78, 5) is 0. The van der Waals surface area contributed by atoms with Crippen molar-refractivity contribution in [1.29, 1.82) is 0 Å². The molecule has 15 heavy (non-hydrogen) atoms. The first-order valence-electron chi connectivity index (χ1n) is 5.30. The Morgan fingerprint density at radius 2 is 2.07 bits per heavy atom. The van der Waals surface area contributed by atoms with Gasteiger partial charge in [0.1, 0.15) is 0 Å². The molecule has 1 heterocycles. The average Bonchev–Trinajstić information content (AvgIpc) is 2.66. The van der Waals surface area contributed by atoms with E-state index in [1.54, 1.807) is 0 Å². The van der Waals surface area contributed by atoms with Crippen molar-refractivity contribution in [3.8, 4) is 0 Å². The smallest absolute Gasteiger partial charge is 0.0785 e. The van der Waals surface area contributed by atoms with Crippen LogP contribution in [0, 0.1) is 0 Å². The zero-order valence-corrected chi connectivity index (χ0v) is 9.59. The van der Waals surface area contributed by atoms with Crippen LogP contribution in [0.5, 0.6) is 0 Å². The highest BCUT2D eigenvalue weighted by Gasteiger charge is 2.32. The lowest BCUT2D eigenvalue weighted by atomic mass is 9.91. The van der Waals surface area contributed by atoms with Gasteiger partial charge >= 0.3 is 0 Å². The molecule has 82 valence electrons. The zero-order valence-electron chi connectivity index (χ0n) is 8.78. The lowest BCUT2D eigenvalue weighted by Gasteiger charge is -2.22. The molecule has 0 spiro atoms. The van der Waals surface area contributed by atoms with Crippen LogP contribution in [0.25, 0.3) is 0 Å². The minimum atomic E-state index is -0.504. The van der Waals surface area contributed by atoms with Crippen LogP contribution in [0.15, 0.2) is 24.3 Å². The zero-order chi connectivity index (χ0) is 10.7. The average molecular weight is 223 g/mol. The third kappa shape index (κ3) is 2.54.